The Morgan fingerprint density at radius 1 is 1.05 bits per heavy atom. The molecular formula is C11H23NO8. The van der Waals surface area contributed by atoms with Crippen LogP contribution >= 0.6 is 0 Å². The number of nitrogens with one attached hydrogen (secondary N) is 1. The first kappa shape index (κ1) is 21.0. The van der Waals surface area contributed by atoms with Crippen LogP contribution in [-0.2, 0) is 9.59 Å². The van der Waals surface area contributed by atoms with Crippen molar-refractivity contribution < 1.29 is 40.2 Å². The number of rotatable bonds is 7. The molecule has 0 fully saturated rings. The molecule has 0 rings (SSSR count). The highest BCUT2D eigenvalue weighted by Crippen LogP contribution is 2.06. The summed E-state index contributed by atoms with van der Waals surface area (Å²) in [4.78, 5) is 21.9. The zero-order valence-corrected chi connectivity index (χ0v) is 11.6. The van der Waals surface area contributed by atoms with E-state index in [4.69, 9.17) is 20.4 Å². The van der Waals surface area contributed by atoms with Crippen molar-refractivity contribution in [2.75, 3.05) is 6.61 Å². The molecule has 7 N–H and O–H groups in total. The van der Waals surface area contributed by atoms with Gasteiger partial charge in [0.25, 0.3) is 0 Å². The molecule has 5 atom stereocenters. The van der Waals surface area contributed by atoms with E-state index < -0.39 is 48.9 Å². The first-order valence-corrected chi connectivity index (χ1v) is 6.08. The molecule has 0 heterocycles. The lowest BCUT2D eigenvalue weighted by Crippen LogP contribution is -2.57. The molecule has 9 heteroatoms. The zero-order valence-electron chi connectivity index (χ0n) is 11.6. The van der Waals surface area contributed by atoms with Crippen LogP contribution in [0.15, 0.2) is 0 Å². The maximum absolute atomic E-state index is 11.1. The molecule has 9 nitrogen and oxygen atoms in total. The third kappa shape index (κ3) is 6.78. The Morgan fingerprint density at radius 2 is 1.50 bits per heavy atom. The molecule has 120 valence electrons. The van der Waals surface area contributed by atoms with E-state index in [1.165, 1.54) is 0 Å². The molecular weight excluding hydrogens is 274 g/mol. The zero-order chi connectivity index (χ0) is 16.5. The number of aliphatic carboxylic acids is 1. The van der Waals surface area contributed by atoms with Crippen LogP contribution in [0.2, 0.25) is 0 Å². The van der Waals surface area contributed by atoms with Gasteiger partial charge >= 0.3 is 5.97 Å². The van der Waals surface area contributed by atoms with Gasteiger partial charge in [-0.05, 0) is 6.92 Å². The molecule has 20 heavy (non-hydrogen) atoms. The van der Waals surface area contributed by atoms with Gasteiger partial charge in [-0.15, -0.1) is 0 Å². The Kier molecular flexibility index (Phi) is 11.1. The average molecular weight is 297 g/mol. The number of hydrogen-bond donors (Lipinski definition) is 7. The van der Waals surface area contributed by atoms with Crippen molar-refractivity contribution in [3.63, 3.8) is 0 Å². The Labute approximate surface area is 116 Å². The second kappa shape index (κ2) is 10.5. The lowest BCUT2D eigenvalue weighted by atomic mass is 10.0. The van der Waals surface area contributed by atoms with Crippen molar-refractivity contribution in [2.24, 2.45) is 0 Å². The predicted octanol–water partition coefficient (Wildman–Crippen LogP) is -2.96. The van der Waals surface area contributed by atoms with Gasteiger partial charge in [0.1, 0.15) is 24.4 Å². The summed E-state index contributed by atoms with van der Waals surface area (Å²) in [5, 5.41) is 55.8. The van der Waals surface area contributed by atoms with Gasteiger partial charge in [0.05, 0.1) is 6.61 Å². The Balaban J connectivity index is 0. The van der Waals surface area contributed by atoms with Gasteiger partial charge in [-0.2, -0.15) is 0 Å². The summed E-state index contributed by atoms with van der Waals surface area (Å²) in [7, 11) is 0. The maximum atomic E-state index is 11.1. The molecule has 0 radical (unpaired) electrons. The van der Waals surface area contributed by atoms with E-state index in [1.807, 2.05) is 13.8 Å². The van der Waals surface area contributed by atoms with Crippen molar-refractivity contribution in [1.82, 2.24) is 5.32 Å². The van der Waals surface area contributed by atoms with E-state index in [0.717, 1.165) is 6.92 Å². The van der Waals surface area contributed by atoms with Crippen LogP contribution in [0, 0.1) is 0 Å². The van der Waals surface area contributed by atoms with Crippen LogP contribution < -0.4 is 5.32 Å². The quantitative estimate of drug-likeness (QED) is 0.261. The molecule has 0 spiro atoms. The number of carbonyl (C=O) groups is 2. The van der Waals surface area contributed by atoms with Crippen molar-refractivity contribution in [2.45, 2.75) is 51.2 Å². The van der Waals surface area contributed by atoms with Gasteiger partial charge in [0.15, 0.2) is 6.04 Å². The van der Waals surface area contributed by atoms with E-state index in [1.54, 1.807) is 5.32 Å². The fourth-order valence-corrected chi connectivity index (χ4v) is 1.10. The summed E-state index contributed by atoms with van der Waals surface area (Å²) in [6.45, 7) is 4.19. The first-order valence-electron chi connectivity index (χ1n) is 6.08. The molecule has 0 aromatic heterocycles. The third-order valence-electron chi connectivity index (χ3n) is 2.22. The highest BCUT2D eigenvalue weighted by atomic mass is 16.4. The number of amides is 1. The topological polar surface area (TPSA) is 168 Å². The van der Waals surface area contributed by atoms with Crippen LogP contribution in [0.4, 0.5) is 0 Å². The monoisotopic (exact) mass is 297 g/mol. The van der Waals surface area contributed by atoms with Crippen LogP contribution in [0.25, 0.3) is 0 Å². The normalized spacial score (nSPS) is 17.8. The Morgan fingerprint density at radius 3 is 1.80 bits per heavy atom. The second-order valence-electron chi connectivity index (χ2n) is 3.73. The average Bonchev–Trinajstić information content (AvgIpc) is 2.43. The lowest BCUT2D eigenvalue weighted by molar-refractivity contribution is -0.152. The van der Waals surface area contributed by atoms with E-state index in [-0.39, 0.29) is 0 Å². The van der Waals surface area contributed by atoms with Crippen LogP contribution in [-0.4, -0.2) is 79.6 Å². The van der Waals surface area contributed by atoms with Crippen molar-refractivity contribution in [3.8, 4) is 0 Å². The number of carboxylic acids is 1. The summed E-state index contributed by atoms with van der Waals surface area (Å²) in [5.41, 5.74) is 0. The summed E-state index contributed by atoms with van der Waals surface area (Å²) in [6, 6.07) is -1.93. The third-order valence-corrected chi connectivity index (χ3v) is 2.22. The largest absolute Gasteiger partial charge is 0.480 e. The lowest BCUT2D eigenvalue weighted by Gasteiger charge is -2.27. The van der Waals surface area contributed by atoms with Gasteiger partial charge in [-0.1, -0.05) is 13.8 Å². The fourth-order valence-electron chi connectivity index (χ4n) is 1.10. The summed E-state index contributed by atoms with van der Waals surface area (Å²) in [5.74, 6) is -2.73. The summed E-state index contributed by atoms with van der Waals surface area (Å²) < 4.78 is 0. The Bertz CT molecular complexity index is 296. The highest BCUT2D eigenvalue weighted by Gasteiger charge is 2.36. The summed E-state index contributed by atoms with van der Waals surface area (Å²) in [6.07, 6.45) is -7.28. The molecule has 0 bridgehead atoms. The highest BCUT2D eigenvalue weighted by molar-refractivity contribution is 5.86. The fraction of sp³-hybridized carbons (Fsp3) is 0.818. The summed E-state index contributed by atoms with van der Waals surface area (Å²) >= 11 is 0. The molecule has 1 amide bonds. The van der Waals surface area contributed by atoms with Gasteiger partial charge in [0, 0.05) is 0 Å². The van der Waals surface area contributed by atoms with Crippen molar-refractivity contribution in [3.05, 3.63) is 0 Å². The number of aliphatic hydroxyl groups excluding tert-OH is 5. The molecule has 0 aromatic carbocycles. The standard InChI is InChI=1S/C9H17NO8.C2H6/c1-3(12)8(16)10-5(9(17)18)7(15)6(14)4(13)2-11;1-2/h3-7,11-15H,2H2,1H3,(H,10,16)(H,17,18);1-2H3. The van der Waals surface area contributed by atoms with Crippen LogP contribution in [0.5, 0.6) is 0 Å². The molecule has 0 aromatic rings. The smallest absolute Gasteiger partial charge is 0.329 e. The maximum Gasteiger partial charge on any atom is 0.329 e. The van der Waals surface area contributed by atoms with Crippen LogP contribution in [0.3, 0.4) is 0 Å². The van der Waals surface area contributed by atoms with E-state index >= 15 is 0 Å². The number of carboxylic acid groups (broad SMARTS) is 1. The van der Waals surface area contributed by atoms with Crippen molar-refractivity contribution >= 4 is 11.9 Å². The van der Waals surface area contributed by atoms with Crippen LogP contribution in [0.1, 0.15) is 20.8 Å². The Hall–Kier alpha value is -1.26. The van der Waals surface area contributed by atoms with E-state index in [0.29, 0.717) is 0 Å². The molecule has 0 aliphatic rings. The molecule has 0 saturated heterocycles. The predicted molar refractivity (Wildman–Crippen MR) is 67.7 cm³/mol. The van der Waals surface area contributed by atoms with Gasteiger partial charge in [-0.25, -0.2) is 4.79 Å². The van der Waals surface area contributed by atoms with Gasteiger partial charge in [-0.3, -0.25) is 4.79 Å². The first-order chi connectivity index (χ1) is 9.22. The van der Waals surface area contributed by atoms with Gasteiger partial charge in [0.2, 0.25) is 5.91 Å². The molecule has 0 saturated carbocycles. The van der Waals surface area contributed by atoms with Crippen molar-refractivity contribution in [1.29, 1.82) is 0 Å². The van der Waals surface area contributed by atoms with E-state index in [9.17, 15) is 19.8 Å². The minimum absolute atomic E-state index is 0.894. The molecule has 0 aliphatic heterocycles. The molecule has 0 aliphatic carbocycles. The minimum atomic E-state index is -2.05. The SMILES string of the molecule is CC.CC(O)C(=O)NC(C(=O)O)C(O)C(O)C(O)CO. The minimum Gasteiger partial charge on any atom is -0.480 e. The number of aliphatic hydroxyl groups is 5. The number of hydrogen-bond acceptors (Lipinski definition) is 7. The van der Waals surface area contributed by atoms with E-state index in [2.05, 4.69) is 0 Å². The van der Waals surface area contributed by atoms with Gasteiger partial charge < -0.3 is 36.0 Å². The number of carbonyl (C=O) groups excluding carboxylic acids is 1. The molecule has 5 unspecified atom stereocenters. The second-order valence-corrected chi connectivity index (χ2v) is 3.73.